The van der Waals surface area contributed by atoms with Crippen molar-refractivity contribution in [1.29, 1.82) is 0 Å². The van der Waals surface area contributed by atoms with Gasteiger partial charge in [0.1, 0.15) is 12.1 Å². The number of nitrogens with two attached hydrogens (primary N) is 1. The molecule has 3 unspecified atom stereocenters. The van der Waals surface area contributed by atoms with Crippen LogP contribution in [0.2, 0.25) is 0 Å². The fraction of sp³-hybridized carbons (Fsp3) is 0.875. The van der Waals surface area contributed by atoms with Crippen LogP contribution >= 0.6 is 0 Å². The summed E-state index contributed by atoms with van der Waals surface area (Å²) in [6.45, 7) is 1.78. The van der Waals surface area contributed by atoms with Gasteiger partial charge in [0, 0.05) is 0 Å². The van der Waals surface area contributed by atoms with E-state index in [-0.39, 0.29) is 6.42 Å². The van der Waals surface area contributed by atoms with Crippen molar-refractivity contribution in [3.8, 4) is 0 Å². The van der Waals surface area contributed by atoms with Crippen molar-refractivity contribution in [3.63, 3.8) is 0 Å². The molecule has 7 heteroatoms. The summed E-state index contributed by atoms with van der Waals surface area (Å²) in [5.74, 6) is -1.27. The molecule has 0 aromatic rings. The lowest BCUT2D eigenvalue weighted by atomic mass is 10.0. The molecule has 3 atom stereocenters. The lowest BCUT2D eigenvalue weighted by Gasteiger charge is -2.14. The first-order valence-corrected chi connectivity index (χ1v) is 4.70. The number of carboxylic acids is 1. The Bertz CT molecular complexity index is 234. The number of carbonyl (C=O) groups is 1. The van der Waals surface area contributed by atoms with Gasteiger partial charge in [0.05, 0.1) is 6.04 Å². The quantitative estimate of drug-likeness (QED) is 0.583. The van der Waals surface area contributed by atoms with Gasteiger partial charge in [0.25, 0.3) is 0 Å². The van der Waals surface area contributed by atoms with Gasteiger partial charge in [0.2, 0.25) is 0 Å². The van der Waals surface area contributed by atoms with Crippen LogP contribution in [0.5, 0.6) is 0 Å². The molecule has 3 N–H and O–H groups in total. The maximum atomic E-state index is 10.5. The first-order chi connectivity index (χ1) is 7.06. The topological polar surface area (TPSA) is 122 Å². The van der Waals surface area contributed by atoms with E-state index in [4.69, 9.17) is 10.8 Å². The van der Waals surface area contributed by atoms with E-state index < -0.39 is 24.1 Å². The van der Waals surface area contributed by atoms with Crippen molar-refractivity contribution in [2.45, 2.75) is 44.3 Å². The Kier molecular flexibility index (Phi) is 6.35. The van der Waals surface area contributed by atoms with Crippen LogP contribution in [0.1, 0.15) is 26.2 Å². The molecule has 0 saturated carbocycles. The van der Waals surface area contributed by atoms with E-state index in [2.05, 4.69) is 10.4 Å². The molecule has 0 aromatic carbocycles. The molecule has 0 spiro atoms. The van der Waals surface area contributed by atoms with E-state index >= 15 is 0 Å². The van der Waals surface area contributed by atoms with Crippen LogP contribution in [0.15, 0.2) is 10.4 Å². The third-order valence-corrected chi connectivity index (χ3v) is 2.25. The number of hydrogen-bond acceptors (Lipinski definition) is 6. The lowest BCUT2D eigenvalue weighted by molar-refractivity contribution is -0.139. The van der Waals surface area contributed by atoms with E-state index in [0.717, 1.165) is 0 Å². The van der Waals surface area contributed by atoms with Crippen LogP contribution < -0.4 is 5.73 Å². The van der Waals surface area contributed by atoms with Crippen molar-refractivity contribution in [3.05, 3.63) is 9.81 Å². The second-order valence-electron chi connectivity index (χ2n) is 3.28. The predicted molar refractivity (Wildman–Crippen MR) is 54.3 cm³/mol. The summed E-state index contributed by atoms with van der Waals surface area (Å²) in [6.07, 6.45) is 1.05. The molecule has 0 saturated heterocycles. The third kappa shape index (κ3) is 4.59. The molecule has 7 nitrogen and oxygen atoms in total. The SMILES string of the molecule is CCC(CCC(N=O)C(N)C(=O)O)N=O. The Morgan fingerprint density at radius 3 is 2.27 bits per heavy atom. The summed E-state index contributed by atoms with van der Waals surface area (Å²) in [7, 11) is 0. The van der Waals surface area contributed by atoms with Gasteiger partial charge in [-0.1, -0.05) is 17.3 Å². The zero-order valence-electron chi connectivity index (χ0n) is 8.50. The van der Waals surface area contributed by atoms with E-state index in [0.29, 0.717) is 12.8 Å². The number of carboxylic acid groups (broad SMARTS) is 1. The molecule has 0 radical (unpaired) electrons. The zero-order valence-corrected chi connectivity index (χ0v) is 8.50. The molecule has 0 heterocycles. The molecule has 0 bridgehead atoms. The van der Waals surface area contributed by atoms with Gasteiger partial charge in [-0.25, -0.2) is 0 Å². The summed E-state index contributed by atoms with van der Waals surface area (Å²) in [5, 5.41) is 14.0. The average Bonchev–Trinajstić information content (AvgIpc) is 2.24. The highest BCUT2D eigenvalue weighted by Gasteiger charge is 2.25. The molecule has 0 aromatic heterocycles. The van der Waals surface area contributed by atoms with Gasteiger partial charge >= 0.3 is 5.97 Å². The lowest BCUT2D eigenvalue weighted by Crippen LogP contribution is -2.40. The predicted octanol–water partition coefficient (Wildman–Crippen LogP) is 0.859. The minimum Gasteiger partial charge on any atom is -0.480 e. The second-order valence-corrected chi connectivity index (χ2v) is 3.28. The Labute approximate surface area is 87.0 Å². The van der Waals surface area contributed by atoms with Crippen LogP contribution in [0.4, 0.5) is 0 Å². The van der Waals surface area contributed by atoms with E-state index in [1.807, 2.05) is 0 Å². The van der Waals surface area contributed by atoms with Gasteiger partial charge in [-0.2, -0.15) is 9.81 Å². The first-order valence-electron chi connectivity index (χ1n) is 4.70. The Balaban J connectivity index is 4.15. The first kappa shape index (κ1) is 13.6. The van der Waals surface area contributed by atoms with Crippen LogP contribution in [0.25, 0.3) is 0 Å². The standard InChI is InChI=1S/C8H15N3O4/c1-2-5(10-14)3-4-6(11-15)7(9)8(12)13/h5-7H,2-4,9H2,1H3,(H,12,13). The molecule has 0 fully saturated rings. The highest BCUT2D eigenvalue weighted by Crippen LogP contribution is 2.12. The Morgan fingerprint density at radius 2 is 1.93 bits per heavy atom. The number of nitrogens with zero attached hydrogens (tertiary/aromatic N) is 2. The average molecular weight is 217 g/mol. The normalized spacial score (nSPS) is 16.4. The highest BCUT2D eigenvalue weighted by atomic mass is 16.4. The summed E-state index contributed by atoms with van der Waals surface area (Å²) >= 11 is 0. The van der Waals surface area contributed by atoms with Crippen LogP contribution in [-0.4, -0.2) is 29.2 Å². The molecule has 0 rings (SSSR count). The van der Waals surface area contributed by atoms with Crippen LogP contribution in [-0.2, 0) is 4.79 Å². The van der Waals surface area contributed by atoms with E-state index in [9.17, 15) is 14.6 Å². The van der Waals surface area contributed by atoms with Crippen molar-refractivity contribution < 1.29 is 9.90 Å². The number of hydrogen-bond donors (Lipinski definition) is 2. The number of rotatable bonds is 8. The van der Waals surface area contributed by atoms with Gasteiger partial charge in [-0.3, -0.25) is 4.79 Å². The molecule has 0 aliphatic rings. The van der Waals surface area contributed by atoms with Crippen molar-refractivity contribution in [1.82, 2.24) is 0 Å². The largest absolute Gasteiger partial charge is 0.480 e. The summed E-state index contributed by atoms with van der Waals surface area (Å²) in [5.41, 5.74) is 5.24. The highest BCUT2D eigenvalue weighted by molar-refractivity contribution is 5.74. The van der Waals surface area contributed by atoms with Gasteiger partial charge in [-0.05, 0) is 19.3 Å². The smallest absolute Gasteiger partial charge is 0.322 e. The fourth-order valence-electron chi connectivity index (χ4n) is 1.16. The molecule has 15 heavy (non-hydrogen) atoms. The maximum Gasteiger partial charge on any atom is 0.322 e. The monoisotopic (exact) mass is 217 g/mol. The molecular formula is C8H15N3O4. The molecule has 0 aliphatic carbocycles. The van der Waals surface area contributed by atoms with E-state index in [1.165, 1.54) is 0 Å². The van der Waals surface area contributed by atoms with Crippen molar-refractivity contribution in [2.24, 2.45) is 16.1 Å². The minimum absolute atomic E-state index is 0.168. The van der Waals surface area contributed by atoms with E-state index in [1.54, 1.807) is 6.92 Å². The number of nitroso groups, excluding NO2 is 2. The Hall–Kier alpha value is -1.37. The number of aliphatic carboxylic acids is 1. The van der Waals surface area contributed by atoms with Crippen molar-refractivity contribution in [2.75, 3.05) is 0 Å². The third-order valence-electron chi connectivity index (χ3n) is 2.25. The van der Waals surface area contributed by atoms with Crippen LogP contribution in [0.3, 0.4) is 0 Å². The fourth-order valence-corrected chi connectivity index (χ4v) is 1.16. The van der Waals surface area contributed by atoms with Gasteiger partial charge < -0.3 is 10.8 Å². The molecule has 86 valence electrons. The molecule has 0 amide bonds. The minimum atomic E-state index is -1.31. The molecule has 0 aliphatic heterocycles. The molecular weight excluding hydrogens is 202 g/mol. The Morgan fingerprint density at radius 1 is 1.33 bits per heavy atom. The summed E-state index contributed by atoms with van der Waals surface area (Å²) in [6, 6.07) is -2.72. The summed E-state index contributed by atoms with van der Waals surface area (Å²) in [4.78, 5) is 31.0. The maximum absolute atomic E-state index is 10.5. The van der Waals surface area contributed by atoms with Gasteiger partial charge in [-0.15, -0.1) is 0 Å². The van der Waals surface area contributed by atoms with Gasteiger partial charge in [0.15, 0.2) is 0 Å². The van der Waals surface area contributed by atoms with Crippen molar-refractivity contribution >= 4 is 5.97 Å². The van der Waals surface area contributed by atoms with Crippen LogP contribution in [0, 0.1) is 9.81 Å². The summed E-state index contributed by atoms with van der Waals surface area (Å²) < 4.78 is 0. The zero-order chi connectivity index (χ0) is 11.8. The second kappa shape index (κ2) is 6.99.